The molecule has 2 rings (SSSR count). The quantitative estimate of drug-likeness (QED) is 0.889. The zero-order valence-electron chi connectivity index (χ0n) is 11.4. The van der Waals surface area contributed by atoms with E-state index in [4.69, 9.17) is 21.1 Å². The van der Waals surface area contributed by atoms with Crippen molar-refractivity contribution < 1.29 is 14.6 Å². The maximum atomic E-state index is 9.39. The van der Waals surface area contributed by atoms with Crippen molar-refractivity contribution in [1.29, 1.82) is 0 Å². The minimum absolute atomic E-state index is 0.147. The summed E-state index contributed by atoms with van der Waals surface area (Å²) in [6, 6.07) is 3.35. The number of hydrogen-bond donors (Lipinski definition) is 1. The topological polar surface area (TPSA) is 51.6 Å². The number of nitrogens with zero attached hydrogens (tertiary/aromatic N) is 1. The zero-order chi connectivity index (χ0) is 14.5. The second-order valence-electron chi connectivity index (χ2n) is 4.21. The van der Waals surface area contributed by atoms with E-state index in [9.17, 15) is 5.11 Å². The predicted octanol–water partition coefficient (Wildman–Crippen LogP) is 3.23. The highest BCUT2D eigenvalue weighted by atomic mass is 35.5. The second-order valence-corrected chi connectivity index (χ2v) is 5.59. The summed E-state index contributed by atoms with van der Waals surface area (Å²) in [6.07, 6.45) is 0.771. The van der Waals surface area contributed by atoms with Crippen LogP contribution in [0.5, 0.6) is 11.5 Å². The normalized spacial score (nSPS) is 10.6. The molecule has 0 radical (unpaired) electrons. The van der Waals surface area contributed by atoms with Crippen LogP contribution in [-0.4, -0.2) is 23.8 Å². The average Bonchev–Trinajstić information content (AvgIpc) is 2.85. The second kappa shape index (κ2) is 6.92. The Morgan fingerprint density at radius 1 is 1.40 bits per heavy atom. The van der Waals surface area contributed by atoms with Gasteiger partial charge in [0.1, 0.15) is 0 Å². The van der Waals surface area contributed by atoms with Gasteiger partial charge in [0.05, 0.1) is 31.5 Å². The Balaban J connectivity index is 2.10. The van der Waals surface area contributed by atoms with Gasteiger partial charge in [-0.1, -0.05) is 11.6 Å². The van der Waals surface area contributed by atoms with Crippen LogP contribution in [0.4, 0.5) is 0 Å². The summed E-state index contributed by atoms with van der Waals surface area (Å²) in [7, 11) is 1.55. The summed E-state index contributed by atoms with van der Waals surface area (Å²) < 4.78 is 11.0. The van der Waals surface area contributed by atoms with Gasteiger partial charge in [-0.25, -0.2) is 4.98 Å². The first-order valence-corrected chi connectivity index (χ1v) is 7.40. The van der Waals surface area contributed by atoms with Crippen LogP contribution in [0.3, 0.4) is 0 Å². The van der Waals surface area contributed by atoms with Crippen molar-refractivity contribution >= 4 is 22.9 Å². The first-order valence-electron chi connectivity index (χ1n) is 6.14. The van der Waals surface area contributed by atoms with Crippen molar-refractivity contribution in [1.82, 2.24) is 4.98 Å². The zero-order valence-corrected chi connectivity index (χ0v) is 12.9. The lowest BCUT2D eigenvalue weighted by Gasteiger charge is -2.14. The van der Waals surface area contributed by atoms with Crippen molar-refractivity contribution in [2.75, 3.05) is 13.7 Å². The number of hydrogen-bond acceptors (Lipinski definition) is 5. The molecule has 20 heavy (non-hydrogen) atoms. The number of methoxy groups -OCH3 is 1. The van der Waals surface area contributed by atoms with E-state index in [2.05, 4.69) is 4.98 Å². The van der Waals surface area contributed by atoms with Crippen LogP contribution in [0.2, 0.25) is 5.02 Å². The van der Waals surface area contributed by atoms with E-state index in [1.165, 1.54) is 4.88 Å². The SMILES string of the molecule is COc1cc(Cl)cc(CO)c1OCCc1scnc1C. The fourth-order valence-electron chi connectivity index (χ4n) is 1.87. The molecule has 2 aromatic rings. The van der Waals surface area contributed by atoms with Crippen LogP contribution in [0, 0.1) is 6.92 Å². The Morgan fingerprint density at radius 3 is 2.80 bits per heavy atom. The van der Waals surface area contributed by atoms with Crippen LogP contribution in [0.25, 0.3) is 0 Å². The third-order valence-corrected chi connectivity index (χ3v) is 4.12. The Hall–Kier alpha value is -1.30. The van der Waals surface area contributed by atoms with Gasteiger partial charge in [0.15, 0.2) is 11.5 Å². The Morgan fingerprint density at radius 2 is 2.20 bits per heavy atom. The fraction of sp³-hybridized carbons (Fsp3) is 0.357. The molecule has 1 N–H and O–H groups in total. The molecule has 0 amide bonds. The highest BCUT2D eigenvalue weighted by Gasteiger charge is 2.12. The lowest BCUT2D eigenvalue weighted by molar-refractivity contribution is 0.256. The van der Waals surface area contributed by atoms with Gasteiger partial charge in [0.2, 0.25) is 0 Å². The van der Waals surface area contributed by atoms with Crippen LogP contribution < -0.4 is 9.47 Å². The van der Waals surface area contributed by atoms with E-state index in [1.807, 2.05) is 12.4 Å². The first kappa shape index (κ1) is 15.1. The lowest BCUT2D eigenvalue weighted by atomic mass is 10.2. The third kappa shape index (κ3) is 3.42. The third-order valence-electron chi connectivity index (χ3n) is 2.91. The number of aryl methyl sites for hydroxylation is 1. The van der Waals surface area contributed by atoms with E-state index in [-0.39, 0.29) is 6.61 Å². The monoisotopic (exact) mass is 313 g/mol. The Labute approximate surface area is 126 Å². The summed E-state index contributed by atoms with van der Waals surface area (Å²) in [5, 5.41) is 9.90. The van der Waals surface area contributed by atoms with Gasteiger partial charge in [-0.2, -0.15) is 0 Å². The molecule has 0 unspecified atom stereocenters. The number of aliphatic hydroxyl groups excluding tert-OH is 1. The maximum Gasteiger partial charge on any atom is 0.166 e. The largest absolute Gasteiger partial charge is 0.493 e. The molecule has 0 bridgehead atoms. The van der Waals surface area contributed by atoms with Gasteiger partial charge in [0, 0.05) is 28.0 Å². The van der Waals surface area contributed by atoms with Crippen molar-refractivity contribution in [2.45, 2.75) is 20.0 Å². The number of benzene rings is 1. The lowest BCUT2D eigenvalue weighted by Crippen LogP contribution is -2.05. The fourth-order valence-corrected chi connectivity index (χ4v) is 2.86. The average molecular weight is 314 g/mol. The number of aliphatic hydroxyl groups is 1. The van der Waals surface area contributed by atoms with Gasteiger partial charge in [-0.15, -0.1) is 11.3 Å². The molecule has 0 atom stereocenters. The van der Waals surface area contributed by atoms with Gasteiger partial charge in [0.25, 0.3) is 0 Å². The summed E-state index contributed by atoms with van der Waals surface area (Å²) in [5.74, 6) is 1.07. The number of rotatable bonds is 6. The molecular weight excluding hydrogens is 298 g/mol. The number of ether oxygens (including phenoxy) is 2. The molecule has 0 spiro atoms. The molecule has 6 heteroatoms. The van der Waals surface area contributed by atoms with Crippen LogP contribution in [0.1, 0.15) is 16.1 Å². The van der Waals surface area contributed by atoms with Crippen molar-refractivity contribution in [2.24, 2.45) is 0 Å². The van der Waals surface area contributed by atoms with Gasteiger partial charge in [-0.05, 0) is 13.0 Å². The van der Waals surface area contributed by atoms with E-state index in [1.54, 1.807) is 30.6 Å². The molecule has 1 heterocycles. The smallest absolute Gasteiger partial charge is 0.166 e. The van der Waals surface area contributed by atoms with Crippen molar-refractivity contribution in [3.05, 3.63) is 38.8 Å². The van der Waals surface area contributed by atoms with Crippen LogP contribution in [0.15, 0.2) is 17.6 Å². The van der Waals surface area contributed by atoms with E-state index < -0.39 is 0 Å². The molecule has 4 nitrogen and oxygen atoms in total. The molecule has 1 aromatic carbocycles. The van der Waals surface area contributed by atoms with E-state index >= 15 is 0 Å². The molecule has 108 valence electrons. The maximum absolute atomic E-state index is 9.39. The number of halogens is 1. The number of aromatic nitrogens is 1. The Kier molecular flexibility index (Phi) is 5.23. The molecular formula is C14H16ClNO3S. The Bertz CT molecular complexity index is 561. The van der Waals surface area contributed by atoms with E-state index in [0.717, 1.165) is 12.1 Å². The molecule has 0 saturated heterocycles. The molecule has 0 aliphatic carbocycles. The molecule has 0 fully saturated rings. The van der Waals surface area contributed by atoms with Gasteiger partial charge in [-0.3, -0.25) is 0 Å². The van der Waals surface area contributed by atoms with Crippen molar-refractivity contribution in [3.8, 4) is 11.5 Å². The van der Waals surface area contributed by atoms with E-state index in [0.29, 0.717) is 28.7 Å². The molecule has 0 saturated carbocycles. The molecule has 0 aliphatic heterocycles. The van der Waals surface area contributed by atoms with Crippen molar-refractivity contribution in [3.63, 3.8) is 0 Å². The minimum Gasteiger partial charge on any atom is -0.493 e. The summed E-state index contributed by atoms with van der Waals surface area (Å²) in [5.41, 5.74) is 3.48. The summed E-state index contributed by atoms with van der Waals surface area (Å²) in [4.78, 5) is 5.40. The highest BCUT2D eigenvalue weighted by molar-refractivity contribution is 7.09. The first-order chi connectivity index (χ1) is 9.65. The molecule has 1 aromatic heterocycles. The standard InChI is InChI=1S/C14H16ClNO3S/c1-9-13(20-8-16-9)3-4-19-14-10(7-17)5-11(15)6-12(14)18-2/h5-6,8,17H,3-4,7H2,1-2H3. The highest BCUT2D eigenvalue weighted by Crippen LogP contribution is 2.35. The predicted molar refractivity (Wildman–Crippen MR) is 80.0 cm³/mol. The van der Waals surface area contributed by atoms with Crippen LogP contribution in [-0.2, 0) is 13.0 Å². The number of thiazole rings is 1. The summed E-state index contributed by atoms with van der Waals surface area (Å²) >= 11 is 7.58. The van der Waals surface area contributed by atoms with Gasteiger partial charge >= 0.3 is 0 Å². The molecule has 0 aliphatic rings. The van der Waals surface area contributed by atoms with Crippen LogP contribution >= 0.6 is 22.9 Å². The summed E-state index contributed by atoms with van der Waals surface area (Å²) in [6.45, 7) is 2.33. The minimum atomic E-state index is -0.147. The van der Waals surface area contributed by atoms with Gasteiger partial charge < -0.3 is 14.6 Å².